The maximum Gasteiger partial charge on any atom is 0.401 e. The number of piperazine rings is 1. The molecule has 0 spiro atoms. The second-order valence-corrected chi connectivity index (χ2v) is 5.54. The Morgan fingerprint density at radius 1 is 1.11 bits per heavy atom. The van der Waals surface area contributed by atoms with E-state index in [9.17, 15) is 18.3 Å². The number of rotatable bonds is 6. The molecule has 1 aliphatic rings. The highest BCUT2D eigenvalue weighted by molar-refractivity contribution is 4.77. The van der Waals surface area contributed by atoms with Crippen LogP contribution in [0.25, 0.3) is 0 Å². The molecular weight excluding hydrogens is 259 g/mol. The molecule has 114 valence electrons. The fraction of sp³-hybridized carbons (Fsp3) is 1.00. The molecule has 0 aromatic heterocycles. The summed E-state index contributed by atoms with van der Waals surface area (Å²) in [5.74, 6) is 0. The summed E-state index contributed by atoms with van der Waals surface area (Å²) in [5.41, 5.74) is 4.59. The van der Waals surface area contributed by atoms with Gasteiger partial charge in [-0.05, 0) is 26.3 Å². The van der Waals surface area contributed by atoms with Gasteiger partial charge < -0.3 is 15.7 Å². The van der Waals surface area contributed by atoms with E-state index in [1.807, 2.05) is 0 Å². The third-order valence-corrected chi connectivity index (χ3v) is 3.50. The van der Waals surface area contributed by atoms with E-state index in [1.54, 1.807) is 6.92 Å². The van der Waals surface area contributed by atoms with E-state index in [2.05, 4.69) is 4.90 Å². The van der Waals surface area contributed by atoms with Gasteiger partial charge in [-0.3, -0.25) is 4.90 Å². The third kappa shape index (κ3) is 7.10. The van der Waals surface area contributed by atoms with E-state index in [0.717, 1.165) is 13.0 Å². The summed E-state index contributed by atoms with van der Waals surface area (Å²) in [6.45, 7) is 4.13. The first-order valence-electron chi connectivity index (χ1n) is 6.66. The van der Waals surface area contributed by atoms with Crippen LogP contribution in [0.4, 0.5) is 13.2 Å². The number of hydrogen-bond acceptors (Lipinski definition) is 4. The van der Waals surface area contributed by atoms with Gasteiger partial charge >= 0.3 is 6.18 Å². The molecule has 1 rings (SSSR count). The molecule has 1 unspecified atom stereocenters. The molecule has 0 radical (unpaired) electrons. The second-order valence-electron chi connectivity index (χ2n) is 5.54. The van der Waals surface area contributed by atoms with E-state index < -0.39 is 18.3 Å². The van der Waals surface area contributed by atoms with Crippen molar-refractivity contribution < 1.29 is 18.3 Å². The normalized spacial score (nSPS) is 22.4. The summed E-state index contributed by atoms with van der Waals surface area (Å²) in [5, 5.41) is 9.75. The molecular formula is C12H24F3N3O. The van der Waals surface area contributed by atoms with Crippen LogP contribution in [0, 0.1) is 0 Å². The monoisotopic (exact) mass is 283 g/mol. The first-order valence-corrected chi connectivity index (χ1v) is 6.66. The largest absolute Gasteiger partial charge is 0.401 e. The molecule has 1 heterocycles. The topological polar surface area (TPSA) is 52.7 Å². The molecule has 4 nitrogen and oxygen atoms in total. The summed E-state index contributed by atoms with van der Waals surface area (Å²) in [6, 6.07) is 0. The van der Waals surface area contributed by atoms with Gasteiger partial charge in [-0.25, -0.2) is 0 Å². The van der Waals surface area contributed by atoms with Crippen molar-refractivity contribution in [1.29, 1.82) is 0 Å². The van der Waals surface area contributed by atoms with Crippen molar-refractivity contribution in [3.63, 3.8) is 0 Å². The summed E-state index contributed by atoms with van der Waals surface area (Å²) >= 11 is 0. The van der Waals surface area contributed by atoms with Gasteiger partial charge in [-0.15, -0.1) is 0 Å². The summed E-state index contributed by atoms with van der Waals surface area (Å²) in [7, 11) is 0. The molecule has 0 aliphatic carbocycles. The standard InChI is InChI=1S/C12H24F3N3O/c1-11(19,9-16)3-2-4-17-5-7-18(8-6-17)10-12(13,14)15/h19H,2-10,16H2,1H3. The molecule has 7 heteroatoms. The molecule has 3 N–H and O–H groups in total. The van der Waals surface area contributed by atoms with Crippen LogP contribution in [0.3, 0.4) is 0 Å². The highest BCUT2D eigenvalue weighted by atomic mass is 19.4. The molecule has 1 fully saturated rings. The zero-order valence-electron chi connectivity index (χ0n) is 11.4. The zero-order chi connectivity index (χ0) is 14.5. The lowest BCUT2D eigenvalue weighted by Gasteiger charge is -2.35. The fourth-order valence-electron chi connectivity index (χ4n) is 2.21. The smallest absolute Gasteiger partial charge is 0.389 e. The van der Waals surface area contributed by atoms with E-state index in [0.29, 0.717) is 32.6 Å². The van der Waals surface area contributed by atoms with Crippen molar-refractivity contribution in [2.24, 2.45) is 5.73 Å². The lowest BCUT2D eigenvalue weighted by atomic mass is 10.0. The first-order chi connectivity index (χ1) is 8.72. The average molecular weight is 283 g/mol. The highest BCUT2D eigenvalue weighted by Crippen LogP contribution is 2.18. The number of halogens is 3. The second kappa shape index (κ2) is 6.88. The summed E-state index contributed by atoms with van der Waals surface area (Å²) in [4.78, 5) is 3.58. The van der Waals surface area contributed by atoms with Crippen molar-refractivity contribution in [1.82, 2.24) is 9.80 Å². The molecule has 1 aliphatic heterocycles. The van der Waals surface area contributed by atoms with Gasteiger partial charge in [-0.1, -0.05) is 0 Å². The van der Waals surface area contributed by atoms with Crippen LogP contribution in [0.5, 0.6) is 0 Å². The van der Waals surface area contributed by atoms with Crippen LogP contribution in [0.1, 0.15) is 19.8 Å². The van der Waals surface area contributed by atoms with Gasteiger partial charge in [0.2, 0.25) is 0 Å². The minimum Gasteiger partial charge on any atom is -0.389 e. The average Bonchev–Trinajstić information content (AvgIpc) is 2.29. The third-order valence-electron chi connectivity index (χ3n) is 3.50. The molecule has 0 saturated carbocycles. The van der Waals surface area contributed by atoms with Crippen molar-refractivity contribution in [2.75, 3.05) is 45.8 Å². The van der Waals surface area contributed by atoms with Crippen LogP contribution in [0.2, 0.25) is 0 Å². The van der Waals surface area contributed by atoms with Gasteiger partial charge in [-0.2, -0.15) is 13.2 Å². The van der Waals surface area contributed by atoms with Gasteiger partial charge in [0.05, 0.1) is 12.1 Å². The fourth-order valence-corrected chi connectivity index (χ4v) is 2.21. The molecule has 0 aromatic carbocycles. The maximum atomic E-state index is 12.2. The lowest BCUT2D eigenvalue weighted by molar-refractivity contribution is -0.149. The zero-order valence-corrected chi connectivity index (χ0v) is 11.4. The maximum absolute atomic E-state index is 12.2. The summed E-state index contributed by atoms with van der Waals surface area (Å²) in [6.07, 6.45) is -2.68. The van der Waals surface area contributed by atoms with Crippen molar-refractivity contribution in [3.05, 3.63) is 0 Å². The van der Waals surface area contributed by atoms with E-state index in [-0.39, 0.29) is 6.54 Å². The predicted molar refractivity (Wildman–Crippen MR) is 67.8 cm³/mol. The molecule has 0 aromatic rings. The Balaban J connectivity index is 2.17. The molecule has 0 bridgehead atoms. The van der Waals surface area contributed by atoms with Crippen LogP contribution >= 0.6 is 0 Å². The summed E-state index contributed by atoms with van der Waals surface area (Å²) < 4.78 is 36.6. The van der Waals surface area contributed by atoms with Gasteiger partial charge in [0.25, 0.3) is 0 Å². The Hall–Kier alpha value is -0.370. The van der Waals surface area contributed by atoms with Crippen LogP contribution in [0.15, 0.2) is 0 Å². The Morgan fingerprint density at radius 2 is 1.63 bits per heavy atom. The van der Waals surface area contributed by atoms with Crippen LogP contribution < -0.4 is 5.73 Å². The lowest BCUT2D eigenvalue weighted by Crippen LogP contribution is -2.49. The Morgan fingerprint density at radius 3 is 2.11 bits per heavy atom. The first kappa shape index (κ1) is 16.7. The van der Waals surface area contributed by atoms with Crippen molar-refractivity contribution in [2.45, 2.75) is 31.5 Å². The van der Waals surface area contributed by atoms with Gasteiger partial charge in [0.1, 0.15) is 0 Å². The Kier molecular flexibility index (Phi) is 6.04. The van der Waals surface area contributed by atoms with Crippen LogP contribution in [-0.2, 0) is 0 Å². The SMILES string of the molecule is CC(O)(CN)CCCN1CCN(CC(F)(F)F)CC1. The minimum atomic E-state index is -4.11. The van der Waals surface area contributed by atoms with Crippen LogP contribution in [-0.4, -0.2) is 72.5 Å². The molecule has 19 heavy (non-hydrogen) atoms. The predicted octanol–water partition coefficient (Wildman–Crippen LogP) is 0.656. The number of nitrogens with zero attached hydrogens (tertiary/aromatic N) is 2. The van der Waals surface area contributed by atoms with Gasteiger partial charge in [0.15, 0.2) is 0 Å². The van der Waals surface area contributed by atoms with E-state index in [1.165, 1.54) is 4.90 Å². The van der Waals surface area contributed by atoms with Gasteiger partial charge in [0, 0.05) is 32.7 Å². The van der Waals surface area contributed by atoms with Crippen molar-refractivity contribution >= 4 is 0 Å². The number of alkyl halides is 3. The Bertz CT molecular complexity index is 263. The molecule has 1 atom stereocenters. The minimum absolute atomic E-state index is 0.229. The van der Waals surface area contributed by atoms with E-state index >= 15 is 0 Å². The number of aliphatic hydroxyl groups is 1. The molecule has 0 amide bonds. The highest BCUT2D eigenvalue weighted by Gasteiger charge is 2.32. The quantitative estimate of drug-likeness (QED) is 0.752. The number of nitrogens with two attached hydrogens (primary N) is 1. The van der Waals surface area contributed by atoms with E-state index in [4.69, 9.17) is 5.73 Å². The van der Waals surface area contributed by atoms with Crippen molar-refractivity contribution in [3.8, 4) is 0 Å². The molecule has 1 saturated heterocycles. The number of hydrogen-bond donors (Lipinski definition) is 2. The Labute approximate surface area is 112 Å².